The minimum absolute atomic E-state index is 0.00825. The zero-order valence-electron chi connectivity index (χ0n) is 14.2. The third-order valence-corrected chi connectivity index (χ3v) is 5.06. The van der Waals surface area contributed by atoms with Gasteiger partial charge in [-0.15, -0.1) is 0 Å². The molecule has 26 heavy (non-hydrogen) atoms. The molecule has 3 nitrogen and oxygen atoms in total. The molecule has 0 aliphatic carbocycles. The van der Waals surface area contributed by atoms with Crippen molar-refractivity contribution in [3.8, 4) is 11.1 Å². The quantitative estimate of drug-likeness (QED) is 0.453. The SMILES string of the molecule is Cc1ccc(C(c2c[nH]cc2-c2ccc(Cl)cc2Cl)n2ccnc2)cc1. The topological polar surface area (TPSA) is 33.6 Å². The molecule has 2 aromatic carbocycles. The molecule has 2 heterocycles. The smallest absolute Gasteiger partial charge is 0.0954 e. The number of aryl methyl sites for hydroxylation is 1. The van der Waals surface area contributed by atoms with Crippen LogP contribution in [0.15, 0.2) is 73.6 Å². The highest BCUT2D eigenvalue weighted by Gasteiger charge is 2.22. The molecule has 0 aliphatic rings. The Morgan fingerprint density at radius 1 is 1.00 bits per heavy atom. The third-order valence-electron chi connectivity index (χ3n) is 4.51. The maximum absolute atomic E-state index is 6.47. The maximum atomic E-state index is 6.47. The summed E-state index contributed by atoms with van der Waals surface area (Å²) < 4.78 is 2.10. The van der Waals surface area contributed by atoms with Crippen molar-refractivity contribution in [3.05, 3.63) is 100 Å². The Bertz CT molecular complexity index is 1020. The van der Waals surface area contributed by atoms with E-state index in [1.54, 1.807) is 12.3 Å². The van der Waals surface area contributed by atoms with E-state index < -0.39 is 0 Å². The van der Waals surface area contributed by atoms with Crippen molar-refractivity contribution in [1.82, 2.24) is 14.5 Å². The van der Waals surface area contributed by atoms with Crippen molar-refractivity contribution < 1.29 is 0 Å². The van der Waals surface area contributed by atoms with Crippen LogP contribution in [0.4, 0.5) is 0 Å². The number of H-pyrrole nitrogens is 1. The summed E-state index contributed by atoms with van der Waals surface area (Å²) in [5.41, 5.74) is 5.53. The van der Waals surface area contributed by atoms with Crippen molar-refractivity contribution in [1.29, 1.82) is 0 Å². The number of aromatic amines is 1. The number of halogens is 2. The Morgan fingerprint density at radius 3 is 2.50 bits per heavy atom. The van der Waals surface area contributed by atoms with Crippen LogP contribution in [-0.4, -0.2) is 14.5 Å². The summed E-state index contributed by atoms with van der Waals surface area (Å²) in [5.74, 6) is 0. The fraction of sp³-hybridized carbons (Fsp3) is 0.0952. The normalized spacial score (nSPS) is 12.3. The van der Waals surface area contributed by atoms with Gasteiger partial charge in [-0.1, -0.05) is 59.1 Å². The Hall–Kier alpha value is -2.49. The monoisotopic (exact) mass is 381 g/mol. The molecule has 0 amide bonds. The molecular weight excluding hydrogens is 365 g/mol. The fourth-order valence-corrected chi connectivity index (χ4v) is 3.74. The lowest BCUT2D eigenvalue weighted by Gasteiger charge is -2.21. The standard InChI is InChI=1S/C21H17Cl2N3/c1-14-2-4-15(5-3-14)21(26-9-8-24-13-26)19-12-25-11-18(19)17-7-6-16(22)10-20(17)23/h2-13,21,25H,1H3. The number of hydrogen-bond acceptors (Lipinski definition) is 1. The molecule has 1 N–H and O–H groups in total. The van der Waals surface area contributed by atoms with E-state index in [4.69, 9.17) is 23.2 Å². The largest absolute Gasteiger partial charge is 0.367 e. The lowest BCUT2D eigenvalue weighted by Crippen LogP contribution is -2.11. The third kappa shape index (κ3) is 3.16. The van der Waals surface area contributed by atoms with E-state index in [-0.39, 0.29) is 6.04 Å². The molecule has 0 radical (unpaired) electrons. The minimum Gasteiger partial charge on any atom is -0.367 e. The Kier molecular flexibility index (Phi) is 4.58. The number of hydrogen-bond donors (Lipinski definition) is 1. The highest BCUT2D eigenvalue weighted by Crippen LogP contribution is 2.38. The molecule has 0 fully saturated rings. The van der Waals surface area contributed by atoms with E-state index in [1.807, 2.05) is 37.1 Å². The molecule has 0 saturated carbocycles. The average molecular weight is 382 g/mol. The molecule has 130 valence electrons. The van der Waals surface area contributed by atoms with Crippen LogP contribution < -0.4 is 0 Å². The van der Waals surface area contributed by atoms with Gasteiger partial charge in [-0.3, -0.25) is 0 Å². The van der Waals surface area contributed by atoms with E-state index in [1.165, 1.54) is 11.1 Å². The molecule has 1 unspecified atom stereocenters. The fourth-order valence-electron chi connectivity index (χ4n) is 3.23. The van der Waals surface area contributed by atoms with Crippen LogP contribution in [0.5, 0.6) is 0 Å². The summed E-state index contributed by atoms with van der Waals surface area (Å²) in [6, 6.07) is 14.1. The van der Waals surface area contributed by atoms with Crippen molar-refractivity contribution in [2.45, 2.75) is 13.0 Å². The van der Waals surface area contributed by atoms with Crippen molar-refractivity contribution in [2.24, 2.45) is 0 Å². The second-order valence-electron chi connectivity index (χ2n) is 6.27. The molecule has 4 rings (SSSR count). The number of nitrogens with one attached hydrogen (secondary N) is 1. The maximum Gasteiger partial charge on any atom is 0.0954 e. The van der Waals surface area contributed by atoms with Crippen molar-refractivity contribution in [3.63, 3.8) is 0 Å². The Balaban J connectivity index is 1.88. The van der Waals surface area contributed by atoms with Crippen LogP contribution in [0.1, 0.15) is 22.7 Å². The van der Waals surface area contributed by atoms with Crippen LogP contribution in [0.25, 0.3) is 11.1 Å². The molecule has 1 atom stereocenters. The first kappa shape index (κ1) is 17.0. The van der Waals surface area contributed by atoms with Gasteiger partial charge in [0.25, 0.3) is 0 Å². The van der Waals surface area contributed by atoms with Gasteiger partial charge in [-0.2, -0.15) is 0 Å². The van der Waals surface area contributed by atoms with E-state index in [9.17, 15) is 0 Å². The van der Waals surface area contributed by atoms with Gasteiger partial charge in [0.1, 0.15) is 0 Å². The van der Waals surface area contributed by atoms with Gasteiger partial charge in [0.15, 0.2) is 0 Å². The lowest BCUT2D eigenvalue weighted by molar-refractivity contribution is 0.678. The summed E-state index contributed by atoms with van der Waals surface area (Å²) in [4.78, 5) is 7.47. The molecule has 2 aromatic heterocycles. The van der Waals surface area contributed by atoms with Crippen LogP contribution in [-0.2, 0) is 0 Å². The van der Waals surface area contributed by atoms with Crippen LogP contribution in [0.2, 0.25) is 10.0 Å². The predicted octanol–water partition coefficient (Wildman–Crippen LogP) is 6.13. The number of rotatable bonds is 4. The van der Waals surface area contributed by atoms with E-state index in [2.05, 4.69) is 45.7 Å². The lowest BCUT2D eigenvalue weighted by atomic mass is 9.94. The Labute approximate surface area is 162 Å². The van der Waals surface area contributed by atoms with E-state index in [0.717, 1.165) is 16.7 Å². The van der Waals surface area contributed by atoms with E-state index in [0.29, 0.717) is 10.0 Å². The predicted molar refractivity (Wildman–Crippen MR) is 107 cm³/mol. The molecule has 5 heteroatoms. The number of benzene rings is 2. The highest BCUT2D eigenvalue weighted by molar-refractivity contribution is 6.36. The summed E-state index contributed by atoms with van der Waals surface area (Å²) in [5, 5.41) is 1.26. The highest BCUT2D eigenvalue weighted by atomic mass is 35.5. The zero-order valence-corrected chi connectivity index (χ0v) is 15.7. The van der Waals surface area contributed by atoms with Gasteiger partial charge >= 0.3 is 0 Å². The number of nitrogens with zero attached hydrogens (tertiary/aromatic N) is 2. The van der Waals surface area contributed by atoms with Gasteiger partial charge in [0.2, 0.25) is 0 Å². The van der Waals surface area contributed by atoms with Crippen molar-refractivity contribution >= 4 is 23.2 Å². The summed E-state index contributed by atoms with van der Waals surface area (Å²) in [6.45, 7) is 2.09. The van der Waals surface area contributed by atoms with Gasteiger partial charge in [0, 0.05) is 51.5 Å². The first-order valence-electron chi connectivity index (χ1n) is 8.29. The molecule has 0 spiro atoms. The second-order valence-corrected chi connectivity index (χ2v) is 7.12. The van der Waals surface area contributed by atoms with E-state index >= 15 is 0 Å². The number of imidazole rings is 1. The first-order chi connectivity index (χ1) is 12.6. The van der Waals surface area contributed by atoms with Gasteiger partial charge in [-0.25, -0.2) is 4.98 Å². The van der Waals surface area contributed by atoms with Gasteiger partial charge < -0.3 is 9.55 Å². The molecule has 0 aliphatic heterocycles. The van der Waals surface area contributed by atoms with Gasteiger partial charge in [-0.05, 0) is 24.6 Å². The molecule has 0 bridgehead atoms. The molecule has 4 aromatic rings. The molecule has 0 saturated heterocycles. The second kappa shape index (κ2) is 7.02. The minimum atomic E-state index is -0.00825. The first-order valence-corrected chi connectivity index (χ1v) is 9.05. The molecular formula is C21H17Cl2N3. The summed E-state index contributed by atoms with van der Waals surface area (Å²) >= 11 is 12.5. The van der Waals surface area contributed by atoms with Crippen molar-refractivity contribution in [2.75, 3.05) is 0 Å². The van der Waals surface area contributed by atoms with Crippen LogP contribution >= 0.6 is 23.2 Å². The average Bonchev–Trinajstić information content (AvgIpc) is 3.30. The Morgan fingerprint density at radius 2 is 1.81 bits per heavy atom. The zero-order chi connectivity index (χ0) is 18.1. The van der Waals surface area contributed by atoms with Crippen LogP contribution in [0, 0.1) is 6.92 Å². The van der Waals surface area contributed by atoms with Gasteiger partial charge in [0.05, 0.1) is 12.4 Å². The number of aromatic nitrogens is 3. The van der Waals surface area contributed by atoms with Crippen LogP contribution in [0.3, 0.4) is 0 Å². The summed E-state index contributed by atoms with van der Waals surface area (Å²) in [6.07, 6.45) is 9.60. The summed E-state index contributed by atoms with van der Waals surface area (Å²) in [7, 11) is 0.